The van der Waals surface area contributed by atoms with E-state index in [9.17, 15) is 4.79 Å². The molecule has 2 aromatic rings. The molecule has 0 saturated heterocycles. The summed E-state index contributed by atoms with van der Waals surface area (Å²) in [5, 5.41) is 4.96. The molecule has 1 saturated carbocycles. The Hall–Kier alpha value is -1.62. The van der Waals surface area contributed by atoms with Gasteiger partial charge in [-0.05, 0) is 24.3 Å². The summed E-state index contributed by atoms with van der Waals surface area (Å²) >= 11 is 1.62. The van der Waals surface area contributed by atoms with Crippen LogP contribution in [0.15, 0.2) is 29.9 Å². The van der Waals surface area contributed by atoms with Gasteiger partial charge in [0.1, 0.15) is 5.82 Å². The molecule has 19 heavy (non-hydrogen) atoms. The minimum Gasteiger partial charge on any atom is -0.354 e. The SMILES string of the molecule is O=C(Cc1cccs1)NCCn1ccnc1C1CC1. The van der Waals surface area contributed by atoms with Crippen LogP contribution in [0, 0.1) is 0 Å². The maximum Gasteiger partial charge on any atom is 0.225 e. The van der Waals surface area contributed by atoms with Gasteiger partial charge in [0.05, 0.1) is 6.42 Å². The molecule has 2 heterocycles. The minimum absolute atomic E-state index is 0.0931. The summed E-state index contributed by atoms with van der Waals surface area (Å²) in [5.41, 5.74) is 0. The van der Waals surface area contributed by atoms with Crippen LogP contribution in [0.2, 0.25) is 0 Å². The molecule has 0 bridgehead atoms. The van der Waals surface area contributed by atoms with E-state index < -0.39 is 0 Å². The first-order valence-corrected chi connectivity index (χ1v) is 7.51. The summed E-state index contributed by atoms with van der Waals surface area (Å²) in [6, 6.07) is 3.96. The van der Waals surface area contributed by atoms with Crippen molar-refractivity contribution >= 4 is 17.2 Å². The number of nitrogens with zero attached hydrogens (tertiary/aromatic N) is 2. The van der Waals surface area contributed by atoms with E-state index in [4.69, 9.17) is 0 Å². The summed E-state index contributed by atoms with van der Waals surface area (Å²) in [7, 11) is 0. The van der Waals surface area contributed by atoms with Crippen LogP contribution >= 0.6 is 11.3 Å². The molecular weight excluding hydrogens is 258 g/mol. The highest BCUT2D eigenvalue weighted by Crippen LogP contribution is 2.38. The Labute approximate surface area is 116 Å². The van der Waals surface area contributed by atoms with Gasteiger partial charge < -0.3 is 9.88 Å². The van der Waals surface area contributed by atoms with E-state index >= 15 is 0 Å². The van der Waals surface area contributed by atoms with Crippen LogP contribution < -0.4 is 5.32 Å². The number of rotatable bonds is 6. The van der Waals surface area contributed by atoms with Gasteiger partial charge in [0.25, 0.3) is 0 Å². The predicted molar refractivity (Wildman–Crippen MR) is 75.2 cm³/mol. The Morgan fingerprint density at radius 2 is 2.42 bits per heavy atom. The van der Waals surface area contributed by atoms with Gasteiger partial charge in [-0.1, -0.05) is 6.07 Å². The summed E-state index contributed by atoms with van der Waals surface area (Å²) in [4.78, 5) is 17.2. The molecule has 0 aliphatic heterocycles. The van der Waals surface area contributed by atoms with Gasteiger partial charge in [0, 0.05) is 36.3 Å². The maximum atomic E-state index is 11.7. The third-order valence-corrected chi connectivity index (χ3v) is 4.16. The van der Waals surface area contributed by atoms with Gasteiger partial charge >= 0.3 is 0 Å². The topological polar surface area (TPSA) is 46.9 Å². The maximum absolute atomic E-state index is 11.7. The fourth-order valence-electron chi connectivity index (χ4n) is 2.16. The summed E-state index contributed by atoms with van der Waals surface area (Å²) < 4.78 is 2.16. The number of carbonyl (C=O) groups is 1. The first-order chi connectivity index (χ1) is 9.33. The van der Waals surface area contributed by atoms with Crippen molar-refractivity contribution in [2.24, 2.45) is 0 Å². The molecule has 1 aliphatic carbocycles. The van der Waals surface area contributed by atoms with E-state index in [0.29, 0.717) is 18.9 Å². The van der Waals surface area contributed by atoms with Crippen LogP contribution in [-0.2, 0) is 17.8 Å². The van der Waals surface area contributed by atoms with E-state index in [0.717, 1.165) is 11.4 Å². The molecule has 2 aromatic heterocycles. The van der Waals surface area contributed by atoms with E-state index in [1.165, 1.54) is 18.7 Å². The van der Waals surface area contributed by atoms with Crippen molar-refractivity contribution in [2.45, 2.75) is 31.7 Å². The van der Waals surface area contributed by atoms with Crippen molar-refractivity contribution in [2.75, 3.05) is 6.54 Å². The molecule has 0 aromatic carbocycles. The Morgan fingerprint density at radius 3 is 3.16 bits per heavy atom. The van der Waals surface area contributed by atoms with E-state index in [1.807, 2.05) is 29.9 Å². The van der Waals surface area contributed by atoms with Gasteiger partial charge in [-0.3, -0.25) is 4.79 Å². The molecule has 3 rings (SSSR count). The van der Waals surface area contributed by atoms with Crippen LogP contribution in [0.4, 0.5) is 0 Å². The van der Waals surface area contributed by atoms with Gasteiger partial charge in [-0.2, -0.15) is 0 Å². The lowest BCUT2D eigenvalue weighted by Gasteiger charge is -2.08. The van der Waals surface area contributed by atoms with Crippen molar-refractivity contribution in [3.63, 3.8) is 0 Å². The quantitative estimate of drug-likeness (QED) is 0.878. The standard InChI is InChI=1S/C14H17N3OS/c18-13(10-12-2-1-9-19-12)15-5-7-17-8-6-16-14(17)11-3-4-11/h1-2,6,8-9,11H,3-5,7,10H2,(H,15,18). The van der Waals surface area contributed by atoms with Gasteiger partial charge in [0.2, 0.25) is 5.91 Å². The zero-order chi connectivity index (χ0) is 13.1. The second-order valence-corrected chi connectivity index (χ2v) is 5.89. The van der Waals surface area contributed by atoms with Crippen LogP contribution in [-0.4, -0.2) is 22.0 Å². The number of imidazole rings is 1. The van der Waals surface area contributed by atoms with Crippen molar-refractivity contribution in [3.05, 3.63) is 40.6 Å². The lowest BCUT2D eigenvalue weighted by molar-refractivity contribution is -0.120. The first-order valence-electron chi connectivity index (χ1n) is 6.63. The highest BCUT2D eigenvalue weighted by atomic mass is 32.1. The van der Waals surface area contributed by atoms with E-state index in [2.05, 4.69) is 14.9 Å². The fraction of sp³-hybridized carbons (Fsp3) is 0.429. The van der Waals surface area contributed by atoms with Crippen molar-refractivity contribution < 1.29 is 4.79 Å². The molecule has 1 aliphatic rings. The number of amides is 1. The van der Waals surface area contributed by atoms with Crippen molar-refractivity contribution in [1.82, 2.24) is 14.9 Å². The Balaban J connectivity index is 1.45. The minimum atomic E-state index is 0.0931. The zero-order valence-electron chi connectivity index (χ0n) is 10.7. The zero-order valence-corrected chi connectivity index (χ0v) is 11.5. The van der Waals surface area contributed by atoms with Crippen LogP contribution in [0.1, 0.15) is 29.5 Å². The normalized spacial score (nSPS) is 14.5. The molecule has 100 valence electrons. The number of nitrogens with one attached hydrogen (secondary N) is 1. The molecular formula is C14H17N3OS. The van der Waals surface area contributed by atoms with Crippen molar-refractivity contribution in [1.29, 1.82) is 0 Å². The largest absolute Gasteiger partial charge is 0.354 e. The van der Waals surface area contributed by atoms with Crippen LogP contribution in [0.3, 0.4) is 0 Å². The Morgan fingerprint density at radius 1 is 1.53 bits per heavy atom. The van der Waals surface area contributed by atoms with Crippen LogP contribution in [0.25, 0.3) is 0 Å². The third kappa shape index (κ3) is 3.23. The molecule has 0 atom stereocenters. The molecule has 1 fully saturated rings. The molecule has 1 N–H and O–H groups in total. The molecule has 5 heteroatoms. The lowest BCUT2D eigenvalue weighted by Crippen LogP contribution is -2.28. The van der Waals surface area contributed by atoms with E-state index in [1.54, 1.807) is 11.3 Å². The van der Waals surface area contributed by atoms with Crippen LogP contribution in [0.5, 0.6) is 0 Å². The molecule has 0 radical (unpaired) electrons. The number of hydrogen-bond acceptors (Lipinski definition) is 3. The summed E-state index contributed by atoms with van der Waals surface area (Å²) in [6.07, 6.45) is 6.83. The number of carbonyl (C=O) groups excluding carboxylic acids is 1. The molecule has 1 amide bonds. The molecule has 0 unspecified atom stereocenters. The fourth-order valence-corrected chi connectivity index (χ4v) is 2.86. The first kappa shape index (κ1) is 12.4. The highest BCUT2D eigenvalue weighted by molar-refractivity contribution is 7.10. The number of hydrogen-bond donors (Lipinski definition) is 1. The lowest BCUT2D eigenvalue weighted by atomic mass is 10.3. The van der Waals surface area contributed by atoms with Gasteiger partial charge in [-0.15, -0.1) is 11.3 Å². The molecule has 4 nitrogen and oxygen atoms in total. The highest BCUT2D eigenvalue weighted by Gasteiger charge is 2.27. The second-order valence-electron chi connectivity index (χ2n) is 4.86. The average molecular weight is 275 g/mol. The van der Waals surface area contributed by atoms with Gasteiger partial charge in [-0.25, -0.2) is 4.98 Å². The smallest absolute Gasteiger partial charge is 0.225 e. The third-order valence-electron chi connectivity index (χ3n) is 3.28. The Bertz CT molecular complexity index is 543. The monoisotopic (exact) mass is 275 g/mol. The van der Waals surface area contributed by atoms with E-state index in [-0.39, 0.29) is 5.91 Å². The van der Waals surface area contributed by atoms with Crippen molar-refractivity contribution in [3.8, 4) is 0 Å². The molecule has 0 spiro atoms. The number of thiophene rings is 1. The Kier molecular flexibility index (Phi) is 3.64. The summed E-state index contributed by atoms with van der Waals surface area (Å²) in [6.45, 7) is 1.47. The summed E-state index contributed by atoms with van der Waals surface area (Å²) in [5.74, 6) is 1.92. The average Bonchev–Trinajstić information content (AvgIpc) is 2.92. The second kappa shape index (κ2) is 5.57. The predicted octanol–water partition coefficient (Wildman–Crippen LogP) is 2.18. The van der Waals surface area contributed by atoms with Gasteiger partial charge in [0.15, 0.2) is 0 Å². The number of aromatic nitrogens is 2.